The van der Waals surface area contributed by atoms with Crippen molar-refractivity contribution in [2.24, 2.45) is 0 Å². The number of rotatable bonds is 5. The Bertz CT molecular complexity index is 309. The first-order valence-corrected chi connectivity index (χ1v) is 5.93. The monoisotopic (exact) mass is 204 g/mol. The van der Waals surface area contributed by atoms with Crippen molar-refractivity contribution in [1.82, 2.24) is 10.6 Å². The van der Waals surface area contributed by atoms with Crippen LogP contribution in [-0.2, 0) is 6.54 Å². The van der Waals surface area contributed by atoms with Crippen molar-refractivity contribution in [2.75, 3.05) is 13.1 Å². The zero-order chi connectivity index (χ0) is 10.5. The van der Waals surface area contributed by atoms with E-state index in [9.17, 15) is 0 Å². The summed E-state index contributed by atoms with van der Waals surface area (Å²) in [6.07, 6.45) is 2.49. The number of hydrogen-bond donors (Lipinski definition) is 2. The maximum Gasteiger partial charge on any atom is 0.0326 e. The van der Waals surface area contributed by atoms with E-state index in [0.717, 1.165) is 19.6 Å². The lowest BCUT2D eigenvalue weighted by atomic mass is 10.0. The van der Waals surface area contributed by atoms with Crippen LogP contribution in [0.15, 0.2) is 24.3 Å². The molecule has 2 heteroatoms. The first-order chi connectivity index (χ1) is 7.42. The number of fused-ring (bicyclic) bond motifs is 1. The summed E-state index contributed by atoms with van der Waals surface area (Å²) in [4.78, 5) is 0. The highest BCUT2D eigenvalue weighted by Gasteiger charge is 2.19. The molecule has 2 rings (SSSR count). The molecule has 0 aliphatic carbocycles. The normalized spacial score (nSPS) is 19.1. The highest BCUT2D eigenvalue weighted by molar-refractivity contribution is 5.33. The van der Waals surface area contributed by atoms with E-state index in [1.165, 1.54) is 24.0 Å². The van der Waals surface area contributed by atoms with Gasteiger partial charge in [-0.1, -0.05) is 31.2 Å². The van der Waals surface area contributed by atoms with E-state index < -0.39 is 0 Å². The molecule has 0 bridgehead atoms. The molecular formula is C13H20N2. The lowest BCUT2D eigenvalue weighted by Crippen LogP contribution is -2.17. The molecule has 1 aliphatic rings. The first-order valence-electron chi connectivity index (χ1n) is 5.93. The minimum Gasteiger partial charge on any atom is -0.317 e. The fourth-order valence-corrected chi connectivity index (χ4v) is 2.24. The summed E-state index contributed by atoms with van der Waals surface area (Å²) in [6, 6.07) is 9.34. The van der Waals surface area contributed by atoms with Crippen molar-refractivity contribution in [1.29, 1.82) is 0 Å². The SMILES string of the molecule is CCNCCCC1NCc2ccccc21. The van der Waals surface area contributed by atoms with Gasteiger partial charge < -0.3 is 10.6 Å². The third kappa shape index (κ3) is 2.58. The molecule has 1 aromatic carbocycles. The molecule has 0 saturated carbocycles. The van der Waals surface area contributed by atoms with E-state index in [0.29, 0.717) is 6.04 Å². The average molecular weight is 204 g/mol. The fourth-order valence-electron chi connectivity index (χ4n) is 2.24. The smallest absolute Gasteiger partial charge is 0.0326 e. The van der Waals surface area contributed by atoms with Crippen LogP contribution in [0.3, 0.4) is 0 Å². The Labute approximate surface area is 92.1 Å². The number of benzene rings is 1. The molecule has 0 amide bonds. The Morgan fingerprint density at radius 1 is 1.40 bits per heavy atom. The van der Waals surface area contributed by atoms with Crippen LogP contribution < -0.4 is 10.6 Å². The van der Waals surface area contributed by atoms with Crippen molar-refractivity contribution in [2.45, 2.75) is 32.4 Å². The lowest BCUT2D eigenvalue weighted by molar-refractivity contribution is 0.508. The van der Waals surface area contributed by atoms with Gasteiger partial charge in [0, 0.05) is 12.6 Å². The van der Waals surface area contributed by atoms with Crippen LogP contribution >= 0.6 is 0 Å². The van der Waals surface area contributed by atoms with Crippen molar-refractivity contribution < 1.29 is 0 Å². The van der Waals surface area contributed by atoms with Gasteiger partial charge in [0.2, 0.25) is 0 Å². The molecule has 1 atom stereocenters. The van der Waals surface area contributed by atoms with E-state index >= 15 is 0 Å². The minimum absolute atomic E-state index is 0.583. The maximum atomic E-state index is 3.57. The van der Waals surface area contributed by atoms with Crippen LogP contribution in [0.5, 0.6) is 0 Å². The van der Waals surface area contributed by atoms with Crippen molar-refractivity contribution in [3.05, 3.63) is 35.4 Å². The molecule has 0 aromatic heterocycles. The molecule has 0 spiro atoms. The Kier molecular flexibility index (Phi) is 3.75. The molecule has 1 aliphatic heterocycles. The second-order valence-electron chi connectivity index (χ2n) is 4.13. The van der Waals surface area contributed by atoms with Gasteiger partial charge in [0.05, 0.1) is 0 Å². The van der Waals surface area contributed by atoms with E-state index in [2.05, 4.69) is 41.8 Å². The molecule has 15 heavy (non-hydrogen) atoms. The van der Waals surface area contributed by atoms with Gasteiger partial charge in [-0.2, -0.15) is 0 Å². The van der Waals surface area contributed by atoms with E-state index in [1.807, 2.05) is 0 Å². The summed E-state index contributed by atoms with van der Waals surface area (Å²) in [7, 11) is 0. The molecule has 1 aromatic rings. The van der Waals surface area contributed by atoms with Crippen molar-refractivity contribution in [3.8, 4) is 0 Å². The third-order valence-electron chi connectivity index (χ3n) is 3.07. The largest absolute Gasteiger partial charge is 0.317 e. The Balaban J connectivity index is 1.85. The summed E-state index contributed by atoms with van der Waals surface area (Å²) in [6.45, 7) is 5.41. The van der Waals surface area contributed by atoms with Gasteiger partial charge in [0.1, 0.15) is 0 Å². The average Bonchev–Trinajstić information content (AvgIpc) is 2.68. The Morgan fingerprint density at radius 3 is 3.13 bits per heavy atom. The third-order valence-corrected chi connectivity index (χ3v) is 3.07. The number of hydrogen-bond acceptors (Lipinski definition) is 2. The molecule has 82 valence electrons. The van der Waals surface area contributed by atoms with E-state index in [4.69, 9.17) is 0 Å². The Morgan fingerprint density at radius 2 is 2.27 bits per heavy atom. The zero-order valence-electron chi connectivity index (χ0n) is 9.42. The number of nitrogens with one attached hydrogen (secondary N) is 2. The van der Waals surface area contributed by atoms with Gasteiger partial charge in [-0.15, -0.1) is 0 Å². The van der Waals surface area contributed by atoms with Crippen LogP contribution in [0.1, 0.15) is 36.9 Å². The van der Waals surface area contributed by atoms with Crippen LogP contribution in [0.2, 0.25) is 0 Å². The standard InChI is InChI=1S/C13H20N2/c1-2-14-9-5-8-13-12-7-4-3-6-11(12)10-15-13/h3-4,6-7,13-15H,2,5,8-10H2,1H3. The predicted octanol–water partition coefficient (Wildman–Crippen LogP) is 2.22. The van der Waals surface area contributed by atoms with E-state index in [-0.39, 0.29) is 0 Å². The minimum atomic E-state index is 0.583. The highest BCUT2D eigenvalue weighted by Crippen LogP contribution is 2.27. The second kappa shape index (κ2) is 5.29. The highest BCUT2D eigenvalue weighted by atomic mass is 14.9. The Hall–Kier alpha value is -0.860. The topological polar surface area (TPSA) is 24.1 Å². The van der Waals surface area contributed by atoms with Crippen LogP contribution in [0, 0.1) is 0 Å². The van der Waals surface area contributed by atoms with Crippen LogP contribution in [0.25, 0.3) is 0 Å². The van der Waals surface area contributed by atoms with Crippen molar-refractivity contribution in [3.63, 3.8) is 0 Å². The molecule has 0 radical (unpaired) electrons. The first kappa shape index (κ1) is 10.7. The predicted molar refractivity (Wildman–Crippen MR) is 63.8 cm³/mol. The molecule has 1 heterocycles. The second-order valence-corrected chi connectivity index (χ2v) is 4.13. The lowest BCUT2D eigenvalue weighted by Gasteiger charge is -2.11. The molecule has 2 N–H and O–H groups in total. The van der Waals surface area contributed by atoms with Gasteiger partial charge in [-0.05, 0) is 37.1 Å². The molecular weight excluding hydrogens is 184 g/mol. The summed E-state index contributed by atoms with van der Waals surface area (Å²) in [5.41, 5.74) is 2.99. The molecule has 0 fully saturated rings. The van der Waals surface area contributed by atoms with Crippen LogP contribution in [-0.4, -0.2) is 13.1 Å². The van der Waals surface area contributed by atoms with Gasteiger partial charge in [0.25, 0.3) is 0 Å². The van der Waals surface area contributed by atoms with Gasteiger partial charge in [0.15, 0.2) is 0 Å². The molecule has 0 saturated heterocycles. The fraction of sp³-hybridized carbons (Fsp3) is 0.538. The summed E-state index contributed by atoms with van der Waals surface area (Å²) in [5, 5.41) is 6.94. The summed E-state index contributed by atoms with van der Waals surface area (Å²) in [5.74, 6) is 0. The maximum absolute atomic E-state index is 3.57. The van der Waals surface area contributed by atoms with Gasteiger partial charge in [-0.3, -0.25) is 0 Å². The quantitative estimate of drug-likeness (QED) is 0.719. The summed E-state index contributed by atoms with van der Waals surface area (Å²) >= 11 is 0. The van der Waals surface area contributed by atoms with Crippen molar-refractivity contribution >= 4 is 0 Å². The molecule has 2 nitrogen and oxygen atoms in total. The summed E-state index contributed by atoms with van der Waals surface area (Å²) < 4.78 is 0. The van der Waals surface area contributed by atoms with Gasteiger partial charge in [-0.25, -0.2) is 0 Å². The van der Waals surface area contributed by atoms with Crippen LogP contribution in [0.4, 0.5) is 0 Å². The van der Waals surface area contributed by atoms with Gasteiger partial charge >= 0.3 is 0 Å². The molecule has 1 unspecified atom stereocenters. The zero-order valence-corrected chi connectivity index (χ0v) is 9.42. The van der Waals surface area contributed by atoms with E-state index in [1.54, 1.807) is 0 Å².